The lowest BCUT2D eigenvalue weighted by Gasteiger charge is -2.22. The maximum atomic E-state index is 13.1. The lowest BCUT2D eigenvalue weighted by atomic mass is 9.88. The molecule has 6 heteroatoms. The van der Waals surface area contributed by atoms with Crippen LogP contribution in [0, 0.1) is 17.2 Å². The summed E-state index contributed by atoms with van der Waals surface area (Å²) in [5.74, 6) is 0.242. The minimum atomic E-state index is -1.02. The molecule has 0 bridgehead atoms. The second-order valence-electron chi connectivity index (χ2n) is 7.90. The van der Waals surface area contributed by atoms with Gasteiger partial charge in [-0.1, -0.05) is 50.2 Å². The Bertz CT molecular complexity index is 1140. The zero-order valence-corrected chi connectivity index (χ0v) is 17.9. The van der Waals surface area contributed by atoms with Gasteiger partial charge in [0.2, 0.25) is 12.9 Å². The molecule has 1 N–H and O–H groups in total. The van der Waals surface area contributed by atoms with Gasteiger partial charge in [-0.2, -0.15) is 5.26 Å². The molecule has 3 aromatic carbocycles. The predicted octanol–water partition coefficient (Wildman–Crippen LogP) is 5.71. The van der Waals surface area contributed by atoms with Gasteiger partial charge >= 0.3 is 5.97 Å². The molecule has 0 fully saturated rings. The van der Waals surface area contributed by atoms with Gasteiger partial charge in [0.1, 0.15) is 6.07 Å². The van der Waals surface area contributed by atoms with Gasteiger partial charge in [0.25, 0.3) is 0 Å². The molecule has 4 rings (SSSR count). The van der Waals surface area contributed by atoms with Gasteiger partial charge in [0.15, 0.2) is 11.5 Å². The molecule has 0 radical (unpaired) electrons. The van der Waals surface area contributed by atoms with Gasteiger partial charge in [-0.3, -0.25) is 4.79 Å². The molecule has 1 aliphatic rings. The van der Waals surface area contributed by atoms with Crippen LogP contribution in [0.2, 0.25) is 0 Å². The van der Waals surface area contributed by atoms with Crippen molar-refractivity contribution in [1.82, 2.24) is 0 Å². The van der Waals surface area contributed by atoms with Crippen molar-refractivity contribution < 1.29 is 19.0 Å². The number of carbonyl (C=O) groups is 1. The molecule has 0 saturated carbocycles. The van der Waals surface area contributed by atoms with Crippen molar-refractivity contribution in [3.05, 3.63) is 83.9 Å². The van der Waals surface area contributed by atoms with Crippen LogP contribution in [0.1, 0.15) is 37.0 Å². The molecule has 3 aromatic rings. The molecule has 2 atom stereocenters. The second-order valence-corrected chi connectivity index (χ2v) is 7.90. The van der Waals surface area contributed by atoms with Crippen molar-refractivity contribution >= 4 is 17.3 Å². The number of para-hydroxylation sites is 1. The predicted molar refractivity (Wildman–Crippen MR) is 121 cm³/mol. The summed E-state index contributed by atoms with van der Waals surface area (Å²) in [5.41, 5.74) is 3.11. The number of nitrogens with one attached hydrogen (secondary N) is 1. The monoisotopic (exact) mass is 428 g/mol. The van der Waals surface area contributed by atoms with Crippen LogP contribution in [0.3, 0.4) is 0 Å². The highest BCUT2D eigenvalue weighted by atomic mass is 16.7. The Morgan fingerprint density at radius 1 is 0.938 bits per heavy atom. The van der Waals surface area contributed by atoms with E-state index in [0.717, 1.165) is 16.9 Å². The third kappa shape index (κ3) is 4.68. The third-order valence-electron chi connectivity index (χ3n) is 5.28. The maximum absolute atomic E-state index is 13.1. The first kappa shape index (κ1) is 21.3. The van der Waals surface area contributed by atoms with Crippen LogP contribution in [0.5, 0.6) is 11.5 Å². The number of rotatable bonds is 7. The molecule has 0 aromatic heterocycles. The molecule has 2 unspecified atom stereocenters. The first-order chi connectivity index (χ1) is 15.5. The van der Waals surface area contributed by atoms with E-state index in [-0.39, 0.29) is 12.7 Å². The Hall–Kier alpha value is -3.98. The number of carbonyl (C=O) groups excluding carboxylic acids is 1. The van der Waals surface area contributed by atoms with E-state index in [2.05, 4.69) is 11.4 Å². The summed E-state index contributed by atoms with van der Waals surface area (Å²) in [5, 5.41) is 13.0. The van der Waals surface area contributed by atoms with E-state index < -0.39 is 18.0 Å². The number of ether oxygens (including phenoxy) is 3. The molecule has 32 heavy (non-hydrogen) atoms. The Kier molecular flexibility index (Phi) is 6.27. The van der Waals surface area contributed by atoms with Crippen LogP contribution in [0.25, 0.3) is 0 Å². The van der Waals surface area contributed by atoms with Crippen molar-refractivity contribution in [2.75, 3.05) is 12.1 Å². The van der Waals surface area contributed by atoms with Crippen LogP contribution >= 0.6 is 0 Å². The topological polar surface area (TPSA) is 80.6 Å². The zero-order valence-electron chi connectivity index (χ0n) is 17.9. The molecule has 0 spiro atoms. The molecule has 0 aliphatic carbocycles. The van der Waals surface area contributed by atoms with E-state index in [0.29, 0.717) is 17.1 Å². The summed E-state index contributed by atoms with van der Waals surface area (Å²) in [6.07, 6.45) is -1.02. The minimum Gasteiger partial charge on any atom is -0.454 e. The number of nitriles is 1. The van der Waals surface area contributed by atoms with Crippen LogP contribution < -0.4 is 14.8 Å². The summed E-state index contributed by atoms with van der Waals surface area (Å²) < 4.78 is 16.5. The fourth-order valence-corrected chi connectivity index (χ4v) is 3.73. The van der Waals surface area contributed by atoms with Gasteiger partial charge in [0.05, 0.1) is 5.92 Å². The number of benzene rings is 3. The summed E-state index contributed by atoms with van der Waals surface area (Å²) >= 11 is 0. The van der Waals surface area contributed by atoms with Crippen LogP contribution in [0.4, 0.5) is 11.4 Å². The van der Waals surface area contributed by atoms with Crippen molar-refractivity contribution in [1.29, 1.82) is 5.26 Å². The number of nitrogens with zero attached hydrogens (tertiary/aromatic N) is 1. The van der Waals surface area contributed by atoms with Gasteiger partial charge in [-0.05, 0) is 47.9 Å². The number of fused-ring (bicyclic) bond motifs is 1. The Morgan fingerprint density at radius 2 is 1.69 bits per heavy atom. The molecular weight excluding hydrogens is 404 g/mol. The molecule has 1 aliphatic heterocycles. The highest BCUT2D eigenvalue weighted by molar-refractivity contribution is 5.79. The van der Waals surface area contributed by atoms with E-state index in [9.17, 15) is 10.1 Å². The van der Waals surface area contributed by atoms with Crippen molar-refractivity contribution in [2.45, 2.75) is 25.9 Å². The summed E-state index contributed by atoms with van der Waals surface area (Å²) in [6.45, 7) is 4.06. The molecule has 0 amide bonds. The molecule has 1 heterocycles. The van der Waals surface area contributed by atoms with Gasteiger partial charge < -0.3 is 19.5 Å². The van der Waals surface area contributed by atoms with Gasteiger partial charge in [-0.25, -0.2) is 0 Å². The smallest absolute Gasteiger partial charge is 0.315 e. The average Bonchev–Trinajstić information content (AvgIpc) is 3.26. The third-order valence-corrected chi connectivity index (χ3v) is 5.28. The minimum absolute atomic E-state index is 0.0340. The lowest BCUT2D eigenvalue weighted by Crippen LogP contribution is -2.22. The Labute approximate surface area is 187 Å². The number of hydrogen-bond donors (Lipinski definition) is 1. The molecule has 6 nitrogen and oxygen atoms in total. The fraction of sp³-hybridized carbons (Fsp3) is 0.231. The Morgan fingerprint density at radius 3 is 2.44 bits per heavy atom. The molecule has 0 saturated heterocycles. The van der Waals surface area contributed by atoms with Crippen molar-refractivity contribution in [3.63, 3.8) is 0 Å². The summed E-state index contributed by atoms with van der Waals surface area (Å²) in [4.78, 5) is 13.1. The highest BCUT2D eigenvalue weighted by Gasteiger charge is 2.30. The molecular formula is C26H24N2O4. The lowest BCUT2D eigenvalue weighted by molar-refractivity contribution is -0.150. The van der Waals surface area contributed by atoms with Crippen LogP contribution in [-0.4, -0.2) is 12.8 Å². The quantitative estimate of drug-likeness (QED) is 0.486. The number of anilines is 2. The number of hydrogen-bond acceptors (Lipinski definition) is 6. The standard InChI is InChI=1S/C26H24N2O4/c1-17(2)25(19-11-12-22-23(14-19)31-16-30-22)26(29)32-24(15-27)18-7-6-10-21(13-18)28-20-8-4-3-5-9-20/h3-14,17,24-25,28H,16H2,1-2H3. The van der Waals surface area contributed by atoms with E-state index >= 15 is 0 Å². The average molecular weight is 428 g/mol. The fourth-order valence-electron chi connectivity index (χ4n) is 3.73. The summed E-state index contributed by atoms with van der Waals surface area (Å²) in [6, 6.07) is 24.6. The first-order valence-corrected chi connectivity index (χ1v) is 10.5. The van der Waals surface area contributed by atoms with E-state index in [1.165, 1.54) is 0 Å². The van der Waals surface area contributed by atoms with Gasteiger partial charge in [0, 0.05) is 16.9 Å². The molecule has 162 valence electrons. The van der Waals surface area contributed by atoms with Crippen LogP contribution in [0.15, 0.2) is 72.8 Å². The van der Waals surface area contributed by atoms with E-state index in [4.69, 9.17) is 14.2 Å². The SMILES string of the molecule is CC(C)C(C(=O)OC(C#N)c1cccc(Nc2ccccc2)c1)c1ccc2c(c1)OCO2. The first-order valence-electron chi connectivity index (χ1n) is 10.5. The zero-order chi connectivity index (χ0) is 22.5. The largest absolute Gasteiger partial charge is 0.454 e. The van der Waals surface area contributed by atoms with E-state index in [1.807, 2.05) is 68.4 Å². The van der Waals surface area contributed by atoms with Crippen molar-refractivity contribution in [3.8, 4) is 17.6 Å². The Balaban J connectivity index is 1.53. The normalized spacial score (nSPS) is 13.8. The van der Waals surface area contributed by atoms with Crippen molar-refractivity contribution in [2.24, 2.45) is 5.92 Å². The highest BCUT2D eigenvalue weighted by Crippen LogP contribution is 2.37. The van der Waals surface area contributed by atoms with Crippen LogP contribution in [-0.2, 0) is 9.53 Å². The maximum Gasteiger partial charge on any atom is 0.315 e. The second kappa shape index (κ2) is 9.44. The van der Waals surface area contributed by atoms with E-state index in [1.54, 1.807) is 18.2 Å². The summed E-state index contributed by atoms with van der Waals surface area (Å²) in [7, 11) is 0. The van der Waals surface area contributed by atoms with Gasteiger partial charge in [-0.15, -0.1) is 0 Å². The number of esters is 1.